The summed E-state index contributed by atoms with van der Waals surface area (Å²) in [7, 11) is 2.09. The standard InChI is InChI=1S/C15H20N4S/c1-3-19(2)9-8-17-14-10-12(15(16)20)11-6-4-5-7-13(11)18-14/h4-7,10H,3,8-9H2,1-2H3,(H2,16,20)(H,17,18). The van der Waals surface area contributed by atoms with E-state index in [4.69, 9.17) is 18.0 Å². The number of pyridine rings is 1. The summed E-state index contributed by atoms with van der Waals surface area (Å²) in [4.78, 5) is 7.24. The molecular formula is C15H20N4S. The minimum atomic E-state index is 0.400. The second-order valence-corrected chi connectivity index (χ2v) is 5.20. The van der Waals surface area contributed by atoms with Crippen LogP contribution in [0.4, 0.5) is 5.82 Å². The molecule has 1 heterocycles. The molecule has 0 aliphatic heterocycles. The third-order valence-corrected chi connectivity index (χ3v) is 3.54. The molecular weight excluding hydrogens is 268 g/mol. The summed E-state index contributed by atoms with van der Waals surface area (Å²) in [5, 5.41) is 4.33. The summed E-state index contributed by atoms with van der Waals surface area (Å²) >= 11 is 5.14. The highest BCUT2D eigenvalue weighted by Crippen LogP contribution is 2.20. The van der Waals surface area contributed by atoms with E-state index in [0.717, 1.165) is 41.9 Å². The van der Waals surface area contributed by atoms with Crippen LogP contribution in [0.3, 0.4) is 0 Å². The first kappa shape index (κ1) is 14.7. The van der Waals surface area contributed by atoms with E-state index in [0.29, 0.717) is 4.99 Å². The van der Waals surface area contributed by atoms with E-state index in [1.54, 1.807) is 0 Å². The van der Waals surface area contributed by atoms with Crippen molar-refractivity contribution in [2.45, 2.75) is 6.92 Å². The normalized spacial score (nSPS) is 10.9. The van der Waals surface area contributed by atoms with Crippen molar-refractivity contribution in [3.05, 3.63) is 35.9 Å². The SMILES string of the molecule is CCN(C)CCNc1cc(C(N)=S)c2ccccc2n1. The van der Waals surface area contributed by atoms with Gasteiger partial charge in [0.25, 0.3) is 0 Å². The Labute approximate surface area is 125 Å². The minimum Gasteiger partial charge on any atom is -0.389 e. The van der Waals surface area contributed by atoms with Crippen molar-refractivity contribution in [1.82, 2.24) is 9.88 Å². The van der Waals surface area contributed by atoms with Gasteiger partial charge in [0.15, 0.2) is 0 Å². The van der Waals surface area contributed by atoms with Crippen LogP contribution in [0.5, 0.6) is 0 Å². The Morgan fingerprint density at radius 1 is 1.40 bits per heavy atom. The van der Waals surface area contributed by atoms with E-state index >= 15 is 0 Å². The molecule has 5 heteroatoms. The molecule has 0 unspecified atom stereocenters. The van der Waals surface area contributed by atoms with E-state index < -0.39 is 0 Å². The molecule has 0 aliphatic carbocycles. The van der Waals surface area contributed by atoms with Crippen molar-refractivity contribution >= 4 is 33.9 Å². The number of rotatable bonds is 6. The number of anilines is 1. The average Bonchev–Trinajstić information content (AvgIpc) is 2.46. The van der Waals surface area contributed by atoms with Crippen LogP contribution in [-0.4, -0.2) is 41.6 Å². The lowest BCUT2D eigenvalue weighted by Gasteiger charge is -2.15. The van der Waals surface area contributed by atoms with Gasteiger partial charge in [-0.15, -0.1) is 0 Å². The molecule has 0 aliphatic rings. The fraction of sp³-hybridized carbons (Fsp3) is 0.333. The Morgan fingerprint density at radius 2 is 2.15 bits per heavy atom. The predicted molar refractivity (Wildman–Crippen MR) is 89.3 cm³/mol. The molecule has 0 atom stereocenters. The number of likely N-dealkylation sites (N-methyl/N-ethyl adjacent to an activating group) is 1. The number of thiocarbonyl (C=S) groups is 1. The van der Waals surface area contributed by atoms with E-state index in [1.807, 2.05) is 30.3 Å². The zero-order valence-electron chi connectivity index (χ0n) is 11.9. The van der Waals surface area contributed by atoms with E-state index in [1.165, 1.54) is 0 Å². The summed E-state index contributed by atoms with van der Waals surface area (Å²) < 4.78 is 0. The number of hydrogen-bond acceptors (Lipinski definition) is 4. The molecule has 2 rings (SSSR count). The summed E-state index contributed by atoms with van der Waals surface area (Å²) in [6.45, 7) is 4.98. The molecule has 0 fully saturated rings. The molecule has 1 aromatic carbocycles. The van der Waals surface area contributed by atoms with Crippen molar-refractivity contribution in [3.63, 3.8) is 0 Å². The van der Waals surface area contributed by atoms with E-state index in [-0.39, 0.29) is 0 Å². The van der Waals surface area contributed by atoms with Crippen molar-refractivity contribution in [3.8, 4) is 0 Å². The minimum absolute atomic E-state index is 0.400. The molecule has 20 heavy (non-hydrogen) atoms. The van der Waals surface area contributed by atoms with Crippen molar-refractivity contribution in [2.24, 2.45) is 5.73 Å². The molecule has 0 saturated heterocycles. The van der Waals surface area contributed by atoms with Gasteiger partial charge in [-0.05, 0) is 25.7 Å². The fourth-order valence-electron chi connectivity index (χ4n) is 2.00. The maximum atomic E-state index is 5.81. The van der Waals surface area contributed by atoms with Crippen LogP contribution in [0.2, 0.25) is 0 Å². The van der Waals surface area contributed by atoms with Crippen LogP contribution in [0.1, 0.15) is 12.5 Å². The summed E-state index contributed by atoms with van der Waals surface area (Å²) in [5.74, 6) is 0.816. The first-order valence-corrected chi connectivity index (χ1v) is 7.14. The molecule has 1 aromatic heterocycles. The zero-order chi connectivity index (χ0) is 14.5. The van der Waals surface area contributed by atoms with Crippen LogP contribution in [0.25, 0.3) is 10.9 Å². The predicted octanol–water partition coefficient (Wildman–Crippen LogP) is 2.23. The Bertz CT molecular complexity index is 612. The molecule has 4 nitrogen and oxygen atoms in total. The lowest BCUT2D eigenvalue weighted by atomic mass is 10.1. The van der Waals surface area contributed by atoms with Gasteiger partial charge in [0.1, 0.15) is 10.8 Å². The van der Waals surface area contributed by atoms with Crippen molar-refractivity contribution < 1.29 is 0 Å². The zero-order valence-corrected chi connectivity index (χ0v) is 12.7. The van der Waals surface area contributed by atoms with Gasteiger partial charge < -0.3 is 16.0 Å². The van der Waals surface area contributed by atoms with Crippen LogP contribution < -0.4 is 11.1 Å². The van der Waals surface area contributed by atoms with Gasteiger partial charge in [-0.2, -0.15) is 0 Å². The third kappa shape index (κ3) is 3.43. The van der Waals surface area contributed by atoms with Gasteiger partial charge in [0.2, 0.25) is 0 Å². The number of fused-ring (bicyclic) bond motifs is 1. The second kappa shape index (κ2) is 6.63. The van der Waals surface area contributed by atoms with E-state index in [9.17, 15) is 0 Å². The smallest absolute Gasteiger partial charge is 0.127 e. The highest BCUT2D eigenvalue weighted by atomic mass is 32.1. The lowest BCUT2D eigenvalue weighted by molar-refractivity contribution is 0.367. The lowest BCUT2D eigenvalue weighted by Crippen LogP contribution is -2.25. The first-order valence-electron chi connectivity index (χ1n) is 6.74. The number of nitrogens with two attached hydrogens (primary N) is 1. The van der Waals surface area contributed by atoms with Gasteiger partial charge >= 0.3 is 0 Å². The summed E-state index contributed by atoms with van der Waals surface area (Å²) in [6.07, 6.45) is 0. The molecule has 3 N–H and O–H groups in total. The molecule has 0 saturated carbocycles. The maximum Gasteiger partial charge on any atom is 0.127 e. The van der Waals surface area contributed by atoms with Gasteiger partial charge in [0.05, 0.1) is 5.52 Å². The first-order chi connectivity index (χ1) is 9.61. The molecule has 0 spiro atoms. The van der Waals surface area contributed by atoms with Gasteiger partial charge in [-0.3, -0.25) is 0 Å². The Morgan fingerprint density at radius 3 is 2.85 bits per heavy atom. The van der Waals surface area contributed by atoms with Crippen LogP contribution in [0.15, 0.2) is 30.3 Å². The molecule has 0 radical (unpaired) electrons. The molecule has 0 bridgehead atoms. The average molecular weight is 288 g/mol. The largest absolute Gasteiger partial charge is 0.389 e. The quantitative estimate of drug-likeness (QED) is 0.798. The van der Waals surface area contributed by atoms with Crippen LogP contribution in [0, 0.1) is 0 Å². The number of hydrogen-bond donors (Lipinski definition) is 2. The van der Waals surface area contributed by atoms with Crippen molar-refractivity contribution in [2.75, 3.05) is 32.0 Å². The van der Waals surface area contributed by atoms with Gasteiger partial charge in [0, 0.05) is 24.0 Å². The number of nitrogens with zero attached hydrogens (tertiary/aromatic N) is 2. The molecule has 106 valence electrons. The van der Waals surface area contributed by atoms with Crippen molar-refractivity contribution in [1.29, 1.82) is 0 Å². The molecule has 2 aromatic rings. The fourth-order valence-corrected chi connectivity index (χ4v) is 2.17. The highest BCUT2D eigenvalue weighted by molar-refractivity contribution is 7.80. The molecule has 0 amide bonds. The summed E-state index contributed by atoms with van der Waals surface area (Å²) in [5.41, 5.74) is 7.59. The maximum absolute atomic E-state index is 5.81. The summed E-state index contributed by atoms with van der Waals surface area (Å²) in [6, 6.07) is 9.82. The second-order valence-electron chi connectivity index (χ2n) is 4.76. The number of nitrogens with one attached hydrogen (secondary N) is 1. The Kier molecular flexibility index (Phi) is 4.87. The Balaban J connectivity index is 2.24. The van der Waals surface area contributed by atoms with Gasteiger partial charge in [-0.1, -0.05) is 37.3 Å². The number of aromatic nitrogens is 1. The van der Waals surface area contributed by atoms with Crippen LogP contribution in [-0.2, 0) is 0 Å². The van der Waals surface area contributed by atoms with E-state index in [2.05, 4.69) is 29.2 Å². The number of para-hydroxylation sites is 1. The Hall–Kier alpha value is -1.72. The van der Waals surface area contributed by atoms with Crippen LogP contribution >= 0.6 is 12.2 Å². The third-order valence-electron chi connectivity index (χ3n) is 3.32. The highest BCUT2D eigenvalue weighted by Gasteiger charge is 2.07. The number of benzene rings is 1. The van der Waals surface area contributed by atoms with Gasteiger partial charge in [-0.25, -0.2) is 4.98 Å². The monoisotopic (exact) mass is 288 g/mol. The topological polar surface area (TPSA) is 54.2 Å².